The Labute approximate surface area is 102 Å². The van der Waals surface area contributed by atoms with Crippen molar-refractivity contribution in [2.45, 2.75) is 19.4 Å². The van der Waals surface area contributed by atoms with E-state index in [1.54, 1.807) is 6.92 Å². The second-order valence-corrected chi connectivity index (χ2v) is 3.91. The van der Waals surface area contributed by atoms with Crippen molar-refractivity contribution in [2.24, 2.45) is 0 Å². The minimum Gasteiger partial charge on any atom is -0.394 e. The molecule has 0 saturated carbocycles. The van der Waals surface area contributed by atoms with Crippen LogP contribution in [0, 0.1) is 11.6 Å². The summed E-state index contributed by atoms with van der Waals surface area (Å²) in [5.74, 6) is -2.90. The fourth-order valence-electron chi connectivity index (χ4n) is 1.24. The maximum atomic E-state index is 13.0. The highest BCUT2D eigenvalue weighted by Gasteiger charge is 2.17. The van der Waals surface area contributed by atoms with Crippen molar-refractivity contribution in [3.05, 3.63) is 34.4 Å². The monoisotopic (exact) mass is 263 g/mol. The molecule has 94 valence electrons. The molecule has 1 rings (SSSR count). The summed E-state index contributed by atoms with van der Waals surface area (Å²) in [6.45, 7) is 1.54. The third kappa shape index (κ3) is 3.38. The van der Waals surface area contributed by atoms with Crippen LogP contribution in [-0.2, 0) is 0 Å². The molecule has 0 aromatic heterocycles. The van der Waals surface area contributed by atoms with Crippen LogP contribution >= 0.6 is 11.6 Å². The van der Waals surface area contributed by atoms with Crippen LogP contribution in [0.4, 0.5) is 8.78 Å². The topological polar surface area (TPSA) is 49.3 Å². The van der Waals surface area contributed by atoms with Crippen molar-refractivity contribution in [1.82, 2.24) is 5.32 Å². The molecular weight excluding hydrogens is 252 g/mol. The number of benzene rings is 1. The molecule has 0 aliphatic carbocycles. The van der Waals surface area contributed by atoms with Gasteiger partial charge in [-0.1, -0.05) is 18.5 Å². The average Bonchev–Trinajstić information content (AvgIpc) is 2.30. The first-order valence-electron chi connectivity index (χ1n) is 5.05. The molecule has 1 atom stereocenters. The van der Waals surface area contributed by atoms with Crippen LogP contribution in [-0.4, -0.2) is 23.7 Å². The number of rotatable bonds is 4. The van der Waals surface area contributed by atoms with E-state index >= 15 is 0 Å². The minimum absolute atomic E-state index is 0.155. The van der Waals surface area contributed by atoms with E-state index in [0.717, 1.165) is 12.1 Å². The highest BCUT2D eigenvalue weighted by Crippen LogP contribution is 2.20. The van der Waals surface area contributed by atoms with Gasteiger partial charge in [0.1, 0.15) is 0 Å². The van der Waals surface area contributed by atoms with Crippen LogP contribution in [0.1, 0.15) is 23.7 Å². The second kappa shape index (κ2) is 5.93. The average molecular weight is 264 g/mol. The number of aliphatic hydroxyl groups is 1. The summed E-state index contributed by atoms with van der Waals surface area (Å²) in [5.41, 5.74) is -0.155. The van der Waals surface area contributed by atoms with Crippen molar-refractivity contribution in [1.29, 1.82) is 0 Å². The molecule has 0 aliphatic rings. The van der Waals surface area contributed by atoms with Gasteiger partial charge in [-0.05, 0) is 18.6 Å². The molecule has 0 spiro atoms. The number of aliphatic hydroxyl groups excluding tert-OH is 1. The summed E-state index contributed by atoms with van der Waals surface area (Å²) >= 11 is 5.64. The van der Waals surface area contributed by atoms with E-state index in [9.17, 15) is 13.6 Å². The standard InChI is InChI=1S/C11H12ClF2NO2/c1-2-6(5-16)15-11(17)7-3-9(13)10(14)4-8(7)12/h3-4,6,16H,2,5H2,1H3,(H,15,17)/t6-/m1/s1. The van der Waals surface area contributed by atoms with E-state index in [0.29, 0.717) is 6.42 Å². The second-order valence-electron chi connectivity index (χ2n) is 3.51. The molecule has 0 heterocycles. The predicted molar refractivity (Wildman–Crippen MR) is 60.0 cm³/mol. The highest BCUT2D eigenvalue weighted by molar-refractivity contribution is 6.33. The first kappa shape index (κ1) is 13.9. The SMILES string of the molecule is CC[C@H](CO)NC(=O)c1cc(F)c(F)cc1Cl. The third-order valence-corrected chi connectivity index (χ3v) is 2.62. The Balaban J connectivity index is 2.93. The number of carbonyl (C=O) groups is 1. The van der Waals surface area contributed by atoms with E-state index in [4.69, 9.17) is 16.7 Å². The van der Waals surface area contributed by atoms with Gasteiger partial charge in [-0.15, -0.1) is 0 Å². The van der Waals surface area contributed by atoms with Gasteiger partial charge in [0.25, 0.3) is 5.91 Å². The smallest absolute Gasteiger partial charge is 0.253 e. The molecule has 0 saturated heterocycles. The van der Waals surface area contributed by atoms with Gasteiger partial charge in [-0.25, -0.2) is 8.78 Å². The summed E-state index contributed by atoms with van der Waals surface area (Å²) in [6.07, 6.45) is 0.517. The molecule has 0 fully saturated rings. The zero-order valence-corrected chi connectivity index (χ0v) is 9.89. The van der Waals surface area contributed by atoms with Crippen LogP contribution in [0.25, 0.3) is 0 Å². The van der Waals surface area contributed by atoms with Crippen LogP contribution in [0.5, 0.6) is 0 Å². The maximum absolute atomic E-state index is 13.0. The Morgan fingerprint density at radius 2 is 2.06 bits per heavy atom. The van der Waals surface area contributed by atoms with Crippen LogP contribution in [0.3, 0.4) is 0 Å². The fourth-order valence-corrected chi connectivity index (χ4v) is 1.47. The number of hydrogen-bond donors (Lipinski definition) is 2. The lowest BCUT2D eigenvalue weighted by Gasteiger charge is -2.14. The van der Waals surface area contributed by atoms with Crippen LogP contribution in [0.2, 0.25) is 5.02 Å². The normalized spacial score (nSPS) is 12.3. The molecule has 6 heteroatoms. The molecule has 1 aromatic rings. The number of carbonyl (C=O) groups excluding carboxylic acids is 1. The molecule has 0 unspecified atom stereocenters. The van der Waals surface area contributed by atoms with E-state index in [1.807, 2.05) is 0 Å². The Morgan fingerprint density at radius 3 is 2.59 bits per heavy atom. The highest BCUT2D eigenvalue weighted by atomic mass is 35.5. The largest absolute Gasteiger partial charge is 0.394 e. The van der Waals surface area contributed by atoms with E-state index < -0.39 is 23.6 Å². The lowest BCUT2D eigenvalue weighted by Crippen LogP contribution is -2.37. The lowest BCUT2D eigenvalue weighted by molar-refractivity contribution is 0.0914. The molecule has 1 aromatic carbocycles. The number of nitrogens with one attached hydrogen (secondary N) is 1. The molecular formula is C11H12ClF2NO2. The summed E-state index contributed by atoms with van der Waals surface area (Å²) in [6, 6.07) is 1.04. The van der Waals surface area contributed by atoms with Crippen molar-refractivity contribution >= 4 is 17.5 Å². The van der Waals surface area contributed by atoms with Gasteiger partial charge in [0.15, 0.2) is 11.6 Å². The minimum atomic E-state index is -1.14. The molecule has 0 bridgehead atoms. The molecule has 0 aliphatic heterocycles. The maximum Gasteiger partial charge on any atom is 0.253 e. The summed E-state index contributed by atoms with van der Waals surface area (Å²) in [5, 5.41) is 11.2. The Morgan fingerprint density at radius 1 is 1.47 bits per heavy atom. The Hall–Kier alpha value is -1.20. The van der Waals surface area contributed by atoms with E-state index in [1.165, 1.54) is 0 Å². The zero-order chi connectivity index (χ0) is 13.0. The Kier molecular flexibility index (Phi) is 4.84. The van der Waals surface area contributed by atoms with E-state index in [-0.39, 0.29) is 17.2 Å². The third-order valence-electron chi connectivity index (χ3n) is 2.30. The van der Waals surface area contributed by atoms with Gasteiger partial charge in [-0.2, -0.15) is 0 Å². The summed E-state index contributed by atoms with van der Waals surface area (Å²) < 4.78 is 25.7. The van der Waals surface area contributed by atoms with Gasteiger partial charge >= 0.3 is 0 Å². The number of hydrogen-bond acceptors (Lipinski definition) is 2. The van der Waals surface area contributed by atoms with Gasteiger partial charge < -0.3 is 10.4 Å². The van der Waals surface area contributed by atoms with Crippen LogP contribution in [0.15, 0.2) is 12.1 Å². The first-order valence-corrected chi connectivity index (χ1v) is 5.43. The van der Waals surface area contributed by atoms with Crippen molar-refractivity contribution in [2.75, 3.05) is 6.61 Å². The van der Waals surface area contributed by atoms with Gasteiger partial charge in [-0.3, -0.25) is 4.79 Å². The number of halogens is 3. The van der Waals surface area contributed by atoms with Crippen molar-refractivity contribution in [3.8, 4) is 0 Å². The molecule has 0 radical (unpaired) electrons. The summed E-state index contributed by atoms with van der Waals surface area (Å²) in [4.78, 5) is 11.7. The van der Waals surface area contributed by atoms with Gasteiger partial charge in [0.05, 0.1) is 23.2 Å². The lowest BCUT2D eigenvalue weighted by atomic mass is 10.1. The van der Waals surface area contributed by atoms with Gasteiger partial charge in [0.2, 0.25) is 0 Å². The summed E-state index contributed by atoms with van der Waals surface area (Å²) in [7, 11) is 0. The first-order chi connectivity index (χ1) is 7.99. The molecule has 17 heavy (non-hydrogen) atoms. The van der Waals surface area contributed by atoms with Crippen LogP contribution < -0.4 is 5.32 Å². The fraction of sp³-hybridized carbons (Fsp3) is 0.364. The van der Waals surface area contributed by atoms with E-state index in [2.05, 4.69) is 5.32 Å². The quantitative estimate of drug-likeness (QED) is 0.818. The molecule has 3 nitrogen and oxygen atoms in total. The van der Waals surface area contributed by atoms with Crippen molar-refractivity contribution in [3.63, 3.8) is 0 Å². The zero-order valence-electron chi connectivity index (χ0n) is 9.14. The van der Waals surface area contributed by atoms with Crippen molar-refractivity contribution < 1.29 is 18.7 Å². The molecule has 2 N–H and O–H groups in total. The predicted octanol–water partition coefficient (Wildman–Crippen LogP) is 2.12. The Bertz CT molecular complexity index is 422. The van der Waals surface area contributed by atoms with Gasteiger partial charge in [0, 0.05) is 0 Å². The molecule has 1 amide bonds. The number of amides is 1.